The van der Waals surface area contributed by atoms with Crippen molar-refractivity contribution in [3.05, 3.63) is 29.0 Å². The summed E-state index contributed by atoms with van der Waals surface area (Å²) in [7, 11) is 0. The molecule has 4 aliphatic carbocycles. The Morgan fingerprint density at radius 3 is 2.44 bits per heavy atom. The van der Waals surface area contributed by atoms with Gasteiger partial charge in [0.05, 0.1) is 11.7 Å². The van der Waals surface area contributed by atoms with Crippen molar-refractivity contribution in [2.75, 3.05) is 17.2 Å². The molecule has 1 aromatic rings. The third-order valence-electron chi connectivity index (χ3n) is 7.67. The summed E-state index contributed by atoms with van der Waals surface area (Å²) in [6.07, 6.45) is 7.52. The van der Waals surface area contributed by atoms with E-state index in [1.165, 1.54) is 45.1 Å². The van der Waals surface area contributed by atoms with Gasteiger partial charge in [0.15, 0.2) is 5.17 Å². The minimum absolute atomic E-state index is 0. The lowest BCUT2D eigenvalue weighted by Gasteiger charge is -2.53. The first-order chi connectivity index (χ1) is 14.9. The molecule has 6 rings (SSSR count). The van der Waals surface area contributed by atoms with Crippen LogP contribution in [0.3, 0.4) is 0 Å². The Kier molecular flexibility index (Phi) is 7.33. The van der Waals surface area contributed by atoms with Crippen LogP contribution >= 0.6 is 35.8 Å². The summed E-state index contributed by atoms with van der Waals surface area (Å²) in [5.41, 5.74) is 0.291. The molecule has 1 atom stereocenters. The Balaban J connectivity index is 0.00000245. The fourth-order valence-corrected chi connectivity index (χ4v) is 8.07. The van der Waals surface area contributed by atoms with Crippen molar-refractivity contribution in [1.82, 2.24) is 4.90 Å². The second-order valence-corrected chi connectivity index (χ2v) is 11.2. The summed E-state index contributed by atoms with van der Waals surface area (Å²) in [5, 5.41) is 1.38. The first kappa shape index (κ1) is 24.2. The molecule has 4 saturated carbocycles. The standard InChI is InChI=1S/C24H31ClFN3OS.ClH/c1-3-6-28-22(29(14(2)30)21-5-4-19(25)12-20(21)26)13-31-24(28)27-23-17-8-15-7-16(10-17)11-18(23)9-15;/h4-5,12,15-18,22-23H,3,6-11,13H2,1-2H3;1H. The number of carbonyl (C=O) groups is 1. The highest BCUT2D eigenvalue weighted by atomic mass is 35.5. The van der Waals surface area contributed by atoms with Gasteiger partial charge >= 0.3 is 0 Å². The first-order valence-corrected chi connectivity index (χ1v) is 13.0. The van der Waals surface area contributed by atoms with Gasteiger partial charge in [-0.05, 0) is 80.4 Å². The van der Waals surface area contributed by atoms with E-state index in [1.54, 1.807) is 28.8 Å². The third kappa shape index (κ3) is 4.39. The van der Waals surface area contributed by atoms with Crippen LogP contribution in [-0.2, 0) is 4.79 Å². The first-order valence-electron chi connectivity index (χ1n) is 11.7. The predicted molar refractivity (Wildman–Crippen MR) is 133 cm³/mol. The number of aliphatic imine (C=N–C) groups is 1. The molecule has 0 radical (unpaired) electrons. The predicted octanol–water partition coefficient (Wildman–Crippen LogP) is 6.22. The molecule has 4 nitrogen and oxygen atoms in total. The van der Waals surface area contributed by atoms with Gasteiger partial charge in [0.25, 0.3) is 0 Å². The van der Waals surface area contributed by atoms with Gasteiger partial charge in [0.1, 0.15) is 12.0 Å². The van der Waals surface area contributed by atoms with Crippen LogP contribution in [0, 0.1) is 29.5 Å². The van der Waals surface area contributed by atoms with Gasteiger partial charge in [-0.2, -0.15) is 0 Å². The normalized spacial score (nSPS) is 34.1. The molecule has 0 spiro atoms. The summed E-state index contributed by atoms with van der Waals surface area (Å²) < 4.78 is 14.8. The van der Waals surface area contributed by atoms with Crippen LogP contribution in [0.25, 0.3) is 0 Å². The highest BCUT2D eigenvalue weighted by molar-refractivity contribution is 8.14. The molecule has 32 heavy (non-hydrogen) atoms. The van der Waals surface area contributed by atoms with Gasteiger partial charge < -0.3 is 4.90 Å². The number of halogens is 3. The Morgan fingerprint density at radius 1 is 1.22 bits per heavy atom. The number of nitrogens with zero attached hydrogens (tertiary/aromatic N) is 3. The van der Waals surface area contributed by atoms with Crippen LogP contribution in [0.4, 0.5) is 10.1 Å². The number of amidine groups is 1. The Bertz CT molecular complexity index is 870. The van der Waals surface area contributed by atoms with E-state index in [0.29, 0.717) is 22.5 Å². The SMILES string of the molecule is CCCN1C(=NC2C3CC4CC(C3)CC2C4)SCC1N(C(C)=O)c1ccc(Cl)cc1F.Cl. The Labute approximate surface area is 205 Å². The number of benzene rings is 1. The monoisotopic (exact) mass is 499 g/mol. The van der Waals surface area contributed by atoms with E-state index in [4.69, 9.17) is 16.6 Å². The van der Waals surface area contributed by atoms with Gasteiger partial charge in [-0.15, -0.1) is 12.4 Å². The number of amides is 1. The lowest BCUT2D eigenvalue weighted by Crippen LogP contribution is -2.51. The Hall–Kier alpha value is -0.980. The van der Waals surface area contributed by atoms with Crippen LogP contribution in [0.2, 0.25) is 5.02 Å². The van der Waals surface area contributed by atoms with Crippen molar-refractivity contribution in [1.29, 1.82) is 0 Å². The van der Waals surface area contributed by atoms with E-state index in [9.17, 15) is 9.18 Å². The van der Waals surface area contributed by atoms with Crippen molar-refractivity contribution >= 4 is 52.5 Å². The molecular weight excluding hydrogens is 468 g/mol. The molecule has 1 aromatic carbocycles. The third-order valence-corrected chi connectivity index (χ3v) is 8.97. The number of thioether (sulfide) groups is 1. The topological polar surface area (TPSA) is 35.9 Å². The molecule has 1 aliphatic heterocycles. The quantitative estimate of drug-likeness (QED) is 0.482. The highest BCUT2D eigenvalue weighted by Crippen LogP contribution is 2.55. The zero-order chi connectivity index (χ0) is 21.7. The van der Waals surface area contributed by atoms with E-state index >= 15 is 0 Å². The fraction of sp³-hybridized carbons (Fsp3) is 0.667. The number of hydrogen-bond acceptors (Lipinski definition) is 3. The highest BCUT2D eigenvalue weighted by Gasteiger charge is 2.49. The van der Waals surface area contributed by atoms with Crippen LogP contribution in [0.1, 0.15) is 52.4 Å². The van der Waals surface area contributed by atoms with E-state index in [1.807, 2.05) is 0 Å². The molecular formula is C24H32Cl2FN3OS. The summed E-state index contributed by atoms with van der Waals surface area (Å²) in [6.45, 7) is 4.46. The maximum atomic E-state index is 14.8. The van der Waals surface area contributed by atoms with Crippen molar-refractivity contribution in [2.45, 2.75) is 64.6 Å². The molecule has 5 fully saturated rings. The number of rotatable bonds is 5. The van der Waals surface area contributed by atoms with E-state index in [-0.39, 0.29) is 24.5 Å². The van der Waals surface area contributed by atoms with Gasteiger partial charge in [0.2, 0.25) is 5.91 Å². The Morgan fingerprint density at radius 2 is 1.88 bits per heavy atom. The second kappa shape index (κ2) is 9.71. The summed E-state index contributed by atoms with van der Waals surface area (Å²) in [6, 6.07) is 4.96. The number of anilines is 1. The van der Waals surface area contributed by atoms with Crippen LogP contribution in [0.5, 0.6) is 0 Å². The summed E-state index contributed by atoms with van der Waals surface area (Å²) in [5.74, 6) is 3.38. The molecule has 0 aromatic heterocycles. The number of carbonyl (C=O) groups excluding carboxylic acids is 1. The maximum absolute atomic E-state index is 14.8. The van der Waals surface area contributed by atoms with Crippen molar-refractivity contribution in [3.8, 4) is 0 Å². The average molecular weight is 501 g/mol. The lowest BCUT2D eigenvalue weighted by atomic mass is 9.54. The summed E-state index contributed by atoms with van der Waals surface area (Å²) >= 11 is 7.68. The van der Waals surface area contributed by atoms with E-state index in [0.717, 1.165) is 41.8 Å². The van der Waals surface area contributed by atoms with Crippen LogP contribution in [-0.4, -0.2) is 40.5 Å². The fourth-order valence-electron chi connectivity index (χ4n) is 6.71. The van der Waals surface area contributed by atoms with Crippen molar-refractivity contribution in [3.63, 3.8) is 0 Å². The summed E-state index contributed by atoms with van der Waals surface area (Å²) in [4.78, 5) is 21.8. The van der Waals surface area contributed by atoms with E-state index < -0.39 is 5.82 Å². The van der Waals surface area contributed by atoms with E-state index in [2.05, 4.69) is 11.8 Å². The van der Waals surface area contributed by atoms with Crippen LogP contribution in [0.15, 0.2) is 23.2 Å². The second-order valence-electron chi connectivity index (χ2n) is 9.80. The molecule has 1 heterocycles. The van der Waals surface area contributed by atoms with Gasteiger partial charge in [-0.3, -0.25) is 14.7 Å². The van der Waals surface area contributed by atoms with Gasteiger partial charge in [-0.25, -0.2) is 4.39 Å². The molecule has 176 valence electrons. The molecule has 1 amide bonds. The maximum Gasteiger partial charge on any atom is 0.225 e. The zero-order valence-corrected chi connectivity index (χ0v) is 21.1. The molecule has 8 heteroatoms. The van der Waals surface area contributed by atoms with Gasteiger partial charge in [-0.1, -0.05) is 30.3 Å². The molecule has 5 aliphatic rings. The molecule has 0 N–H and O–H groups in total. The van der Waals surface area contributed by atoms with Crippen molar-refractivity contribution in [2.24, 2.45) is 28.7 Å². The smallest absolute Gasteiger partial charge is 0.225 e. The lowest BCUT2D eigenvalue weighted by molar-refractivity contribution is -0.117. The number of hydrogen-bond donors (Lipinski definition) is 0. The molecule has 1 unspecified atom stereocenters. The van der Waals surface area contributed by atoms with Crippen LogP contribution < -0.4 is 4.90 Å². The minimum Gasteiger partial charge on any atom is -0.330 e. The zero-order valence-electron chi connectivity index (χ0n) is 18.7. The molecule has 1 saturated heterocycles. The van der Waals surface area contributed by atoms with Crippen molar-refractivity contribution < 1.29 is 9.18 Å². The average Bonchev–Trinajstić information content (AvgIpc) is 3.08. The minimum atomic E-state index is -0.462. The molecule has 4 bridgehead atoms. The largest absolute Gasteiger partial charge is 0.330 e. The van der Waals surface area contributed by atoms with Gasteiger partial charge in [0, 0.05) is 24.2 Å².